The van der Waals surface area contributed by atoms with Gasteiger partial charge in [0.05, 0.1) is 0 Å². The van der Waals surface area contributed by atoms with Gasteiger partial charge in [-0.25, -0.2) is 9.98 Å². The second-order valence-corrected chi connectivity index (χ2v) is 12.7. The molecule has 0 fully saturated rings. The number of fused-ring (bicyclic) bond motifs is 5. The molecule has 2 aliphatic carbocycles. The molecule has 0 amide bonds. The molecule has 5 aromatic carbocycles. The summed E-state index contributed by atoms with van der Waals surface area (Å²) in [5.41, 5.74) is 16.8. The summed E-state index contributed by atoms with van der Waals surface area (Å²) in [6.07, 6.45) is 16.4. The first-order valence-corrected chi connectivity index (χ1v) is 16.1. The van der Waals surface area contributed by atoms with Crippen LogP contribution in [0.2, 0.25) is 0 Å². The van der Waals surface area contributed by atoms with Crippen LogP contribution >= 0.6 is 0 Å². The summed E-state index contributed by atoms with van der Waals surface area (Å²) >= 11 is 0. The number of aliphatic imine (C=N–C) groups is 2. The number of nitrogens with two attached hydrogens (primary N) is 1. The topological polar surface area (TPSA) is 63.9 Å². The molecule has 0 bridgehead atoms. The zero-order valence-electron chi connectivity index (χ0n) is 25.7. The molecule has 0 saturated carbocycles. The van der Waals surface area contributed by atoms with E-state index in [2.05, 4.69) is 116 Å². The highest BCUT2D eigenvalue weighted by atomic mass is 16.3. The SMILES string of the molecule is Cc1ccc2c(c1)oc1cccc(C(N)=NC3(c4ccc5ccc(C6C=CC=CC6)cc5c4)N=C3c3ccc4c(c3)CCC=C4)c12. The van der Waals surface area contributed by atoms with Gasteiger partial charge in [-0.3, -0.25) is 0 Å². The Kier molecular flexibility index (Phi) is 6.01. The van der Waals surface area contributed by atoms with E-state index in [4.69, 9.17) is 20.1 Å². The van der Waals surface area contributed by atoms with E-state index < -0.39 is 5.66 Å². The first kappa shape index (κ1) is 26.9. The molecule has 0 saturated heterocycles. The van der Waals surface area contributed by atoms with Gasteiger partial charge in [0, 0.05) is 33.4 Å². The van der Waals surface area contributed by atoms with Crippen LogP contribution in [0.5, 0.6) is 0 Å². The molecule has 222 valence electrons. The zero-order chi connectivity index (χ0) is 30.8. The molecule has 2 unspecified atom stereocenters. The maximum absolute atomic E-state index is 7.00. The van der Waals surface area contributed by atoms with Crippen LogP contribution in [-0.4, -0.2) is 11.5 Å². The van der Waals surface area contributed by atoms with Crippen molar-refractivity contribution in [3.05, 3.63) is 160 Å². The minimum Gasteiger partial charge on any atom is -0.456 e. The lowest BCUT2D eigenvalue weighted by molar-refractivity contribution is 0.668. The van der Waals surface area contributed by atoms with Gasteiger partial charge in [-0.05, 0) is 83.5 Å². The highest BCUT2D eigenvalue weighted by molar-refractivity contribution is 6.21. The number of nitrogens with zero attached hydrogens (tertiary/aromatic N) is 2. The third-order valence-corrected chi connectivity index (χ3v) is 9.73. The average Bonchev–Trinajstić information content (AvgIpc) is 3.71. The van der Waals surface area contributed by atoms with E-state index in [0.29, 0.717) is 11.8 Å². The Balaban J connectivity index is 1.19. The van der Waals surface area contributed by atoms with Crippen molar-refractivity contribution >= 4 is 50.3 Å². The van der Waals surface area contributed by atoms with Crippen molar-refractivity contribution in [2.24, 2.45) is 15.7 Å². The van der Waals surface area contributed by atoms with Crippen molar-refractivity contribution < 1.29 is 4.42 Å². The van der Waals surface area contributed by atoms with Crippen molar-refractivity contribution in [2.75, 3.05) is 0 Å². The minimum atomic E-state index is -0.904. The van der Waals surface area contributed by atoms with Crippen molar-refractivity contribution in [1.29, 1.82) is 0 Å². The molecule has 2 N–H and O–H groups in total. The molecule has 4 heteroatoms. The number of furan rings is 1. The Morgan fingerprint density at radius 2 is 1.83 bits per heavy atom. The predicted molar refractivity (Wildman–Crippen MR) is 191 cm³/mol. The van der Waals surface area contributed by atoms with Gasteiger partial charge in [0.2, 0.25) is 5.66 Å². The number of benzene rings is 5. The molecular weight excluding hydrogens is 562 g/mol. The lowest BCUT2D eigenvalue weighted by Crippen LogP contribution is -2.23. The van der Waals surface area contributed by atoms with Gasteiger partial charge in [-0.2, -0.15) is 0 Å². The Morgan fingerprint density at radius 1 is 0.891 bits per heavy atom. The number of amidine groups is 1. The number of hydrogen-bond donors (Lipinski definition) is 1. The molecule has 46 heavy (non-hydrogen) atoms. The van der Waals surface area contributed by atoms with E-state index in [-0.39, 0.29) is 0 Å². The Morgan fingerprint density at radius 3 is 2.74 bits per heavy atom. The molecular formula is C42H33N3O. The monoisotopic (exact) mass is 595 g/mol. The van der Waals surface area contributed by atoms with Crippen LogP contribution in [0.25, 0.3) is 38.8 Å². The summed E-state index contributed by atoms with van der Waals surface area (Å²) in [4.78, 5) is 10.5. The fraction of sp³-hybridized carbons (Fsp3) is 0.143. The minimum absolute atomic E-state index is 0.382. The molecule has 4 nitrogen and oxygen atoms in total. The first-order chi connectivity index (χ1) is 22.6. The van der Waals surface area contributed by atoms with E-state index in [9.17, 15) is 0 Å². The quantitative estimate of drug-likeness (QED) is 0.159. The van der Waals surface area contributed by atoms with Crippen LogP contribution in [0, 0.1) is 6.92 Å². The summed E-state index contributed by atoms with van der Waals surface area (Å²) in [6, 6.07) is 32.4. The maximum atomic E-state index is 7.00. The molecule has 2 atom stereocenters. The van der Waals surface area contributed by atoms with Gasteiger partial charge in [-0.1, -0.05) is 103 Å². The smallest absolute Gasteiger partial charge is 0.221 e. The Hall–Kier alpha value is -5.48. The molecule has 1 aliphatic heterocycles. The van der Waals surface area contributed by atoms with Gasteiger partial charge in [0.1, 0.15) is 22.7 Å². The number of aryl methyl sites for hydroxylation is 2. The Bertz CT molecular complexity index is 2380. The summed E-state index contributed by atoms with van der Waals surface area (Å²) < 4.78 is 6.25. The van der Waals surface area contributed by atoms with Crippen molar-refractivity contribution in [3.63, 3.8) is 0 Å². The lowest BCUT2D eigenvalue weighted by atomic mass is 9.89. The highest BCUT2D eigenvalue weighted by Crippen LogP contribution is 2.46. The van der Waals surface area contributed by atoms with E-state index in [1.165, 1.54) is 27.5 Å². The largest absolute Gasteiger partial charge is 0.456 e. The number of rotatable bonds is 5. The molecule has 2 heterocycles. The molecule has 6 aromatic rings. The van der Waals surface area contributed by atoms with E-state index in [0.717, 1.165) is 69.2 Å². The van der Waals surface area contributed by atoms with Crippen LogP contribution in [0.4, 0.5) is 0 Å². The third-order valence-electron chi connectivity index (χ3n) is 9.73. The number of allylic oxidation sites excluding steroid dienone is 5. The van der Waals surface area contributed by atoms with Crippen LogP contribution in [-0.2, 0) is 12.1 Å². The van der Waals surface area contributed by atoms with Crippen LogP contribution in [0.1, 0.15) is 57.7 Å². The predicted octanol–water partition coefficient (Wildman–Crippen LogP) is 9.67. The van der Waals surface area contributed by atoms with E-state index >= 15 is 0 Å². The van der Waals surface area contributed by atoms with E-state index in [1.807, 2.05) is 18.2 Å². The normalized spacial score (nSPS) is 20.4. The van der Waals surface area contributed by atoms with Crippen molar-refractivity contribution in [1.82, 2.24) is 0 Å². The van der Waals surface area contributed by atoms with E-state index in [1.54, 1.807) is 0 Å². The average molecular weight is 596 g/mol. The maximum Gasteiger partial charge on any atom is 0.221 e. The van der Waals surface area contributed by atoms with Crippen molar-refractivity contribution in [3.8, 4) is 0 Å². The number of hydrogen-bond acceptors (Lipinski definition) is 3. The van der Waals surface area contributed by atoms with Gasteiger partial charge >= 0.3 is 0 Å². The summed E-state index contributed by atoms with van der Waals surface area (Å²) in [7, 11) is 0. The van der Waals surface area contributed by atoms with Crippen LogP contribution in [0.3, 0.4) is 0 Å². The second kappa shape index (κ2) is 10.3. The summed E-state index contributed by atoms with van der Waals surface area (Å²) in [6.45, 7) is 2.07. The molecule has 9 rings (SSSR count). The summed E-state index contributed by atoms with van der Waals surface area (Å²) in [5, 5.41) is 4.39. The van der Waals surface area contributed by atoms with Gasteiger partial charge in [-0.15, -0.1) is 0 Å². The first-order valence-electron chi connectivity index (χ1n) is 16.1. The molecule has 3 aliphatic rings. The van der Waals surface area contributed by atoms with Crippen LogP contribution in [0.15, 0.2) is 136 Å². The fourth-order valence-electron chi connectivity index (χ4n) is 7.25. The Labute approximate surface area is 268 Å². The van der Waals surface area contributed by atoms with Crippen LogP contribution < -0.4 is 5.73 Å². The standard InChI is InChI=1S/C42H33N3O/c1-26-14-21-35-38(22-26)46-37-13-7-12-36(39(35)37)41(43)45-42(40(44-42)32-18-16-28-10-5-6-11-30(28)23-32)34-20-19-29-15-17-31(24-33(29)25-34)27-8-3-2-4-9-27/h2-5,7-8,10,12-25,27H,6,9,11H2,1H3,(H2,43,45). The van der Waals surface area contributed by atoms with Gasteiger partial charge < -0.3 is 10.2 Å². The molecule has 0 radical (unpaired) electrons. The fourth-order valence-corrected chi connectivity index (χ4v) is 7.25. The van der Waals surface area contributed by atoms with Gasteiger partial charge in [0.15, 0.2) is 0 Å². The second-order valence-electron chi connectivity index (χ2n) is 12.7. The highest BCUT2D eigenvalue weighted by Gasteiger charge is 2.50. The lowest BCUT2D eigenvalue weighted by Gasteiger charge is -2.17. The zero-order valence-corrected chi connectivity index (χ0v) is 25.7. The van der Waals surface area contributed by atoms with Crippen molar-refractivity contribution in [2.45, 2.75) is 37.8 Å². The summed E-state index contributed by atoms with van der Waals surface area (Å²) in [5.74, 6) is 0.827. The molecule has 1 aromatic heterocycles. The molecule has 0 spiro atoms. The van der Waals surface area contributed by atoms with Gasteiger partial charge in [0.25, 0.3) is 0 Å². The third kappa shape index (κ3) is 4.36.